The Labute approximate surface area is 124 Å². The van der Waals surface area contributed by atoms with Gasteiger partial charge in [0.1, 0.15) is 5.75 Å². The average molecular weight is 298 g/mol. The molecule has 0 fully saturated rings. The molecule has 2 aromatic carbocycles. The molecule has 0 aliphatic heterocycles. The Hall–Kier alpha value is -1.27. The number of hydrogen-bond acceptors (Lipinski definition) is 5. The molecule has 0 radical (unpaired) electrons. The Morgan fingerprint density at radius 2 is 1.65 bits per heavy atom. The van der Waals surface area contributed by atoms with Gasteiger partial charge in [-0.15, -0.1) is 4.33 Å². The zero-order valence-electron chi connectivity index (χ0n) is 12.5. The molecule has 0 amide bonds. The van der Waals surface area contributed by atoms with Crippen molar-refractivity contribution in [2.45, 2.75) is 39.5 Å². The van der Waals surface area contributed by atoms with E-state index in [4.69, 9.17) is 5.26 Å². The number of hydrogen-bond donors (Lipinski definition) is 2. The summed E-state index contributed by atoms with van der Waals surface area (Å²) in [6.07, 6.45) is 0. The lowest BCUT2D eigenvalue weighted by Gasteiger charge is -2.08. The highest BCUT2D eigenvalue weighted by Crippen LogP contribution is 2.36. The van der Waals surface area contributed by atoms with Crippen molar-refractivity contribution in [2.24, 2.45) is 0 Å². The van der Waals surface area contributed by atoms with Crippen molar-refractivity contribution in [1.29, 1.82) is 0 Å². The lowest BCUT2D eigenvalue weighted by atomic mass is 10.1. The van der Waals surface area contributed by atoms with E-state index >= 15 is 0 Å². The zero-order chi connectivity index (χ0) is 15.5. The van der Waals surface area contributed by atoms with Crippen LogP contribution in [0.15, 0.2) is 35.2 Å². The minimum Gasteiger partial charge on any atom is -0.507 e. The summed E-state index contributed by atoms with van der Waals surface area (Å²) in [5, 5.41) is 23.3. The predicted molar refractivity (Wildman–Crippen MR) is 83.7 cm³/mol. The first-order chi connectivity index (χ1) is 9.74. The van der Waals surface area contributed by atoms with E-state index < -0.39 is 0 Å². The van der Waals surface area contributed by atoms with Gasteiger partial charge in [-0.2, -0.15) is 0 Å². The molecule has 0 aliphatic carbocycles. The van der Waals surface area contributed by atoms with Crippen molar-refractivity contribution < 1.29 is 19.7 Å². The molecular formula is C15H22O4S. The molecule has 0 bridgehead atoms. The van der Waals surface area contributed by atoms with Crippen LogP contribution in [0.3, 0.4) is 0 Å². The second kappa shape index (κ2) is 10.5. The molecule has 0 heterocycles. The van der Waals surface area contributed by atoms with Crippen LogP contribution in [0.2, 0.25) is 0 Å². The molecule has 0 saturated carbocycles. The van der Waals surface area contributed by atoms with Crippen LogP contribution in [0.5, 0.6) is 5.75 Å². The second-order valence-electron chi connectivity index (χ2n) is 3.30. The third-order valence-corrected chi connectivity index (χ3v) is 3.11. The van der Waals surface area contributed by atoms with Gasteiger partial charge in [-0.3, -0.25) is 0 Å². The van der Waals surface area contributed by atoms with Crippen LogP contribution in [-0.4, -0.2) is 10.4 Å². The third kappa shape index (κ3) is 4.68. The molecule has 5 heteroatoms. The molecule has 2 rings (SSSR count). The smallest absolute Gasteiger partial charge is 0.127 e. The maximum Gasteiger partial charge on any atom is 0.127 e. The largest absolute Gasteiger partial charge is 0.507 e. The summed E-state index contributed by atoms with van der Waals surface area (Å²) in [6.45, 7) is 9.77. The van der Waals surface area contributed by atoms with Crippen LogP contribution in [-0.2, 0) is 9.37 Å². The van der Waals surface area contributed by atoms with Gasteiger partial charge in [0.05, 0.1) is 12.0 Å². The maximum atomic E-state index is 9.97. The van der Waals surface area contributed by atoms with Gasteiger partial charge in [0, 0.05) is 15.8 Å². The molecule has 0 spiro atoms. The van der Waals surface area contributed by atoms with Crippen molar-refractivity contribution in [3.63, 3.8) is 0 Å². The van der Waals surface area contributed by atoms with Crippen LogP contribution in [0.25, 0.3) is 10.8 Å². The first-order valence-electron chi connectivity index (χ1n) is 6.60. The van der Waals surface area contributed by atoms with Crippen LogP contribution in [0, 0.1) is 6.92 Å². The van der Waals surface area contributed by atoms with E-state index in [1.54, 1.807) is 6.92 Å². The van der Waals surface area contributed by atoms with Crippen LogP contribution >= 0.6 is 12.0 Å². The summed E-state index contributed by atoms with van der Waals surface area (Å²) in [5.41, 5.74) is 0.681. The van der Waals surface area contributed by atoms with Gasteiger partial charge in [0.2, 0.25) is 0 Å². The minimum atomic E-state index is 0.210. The summed E-state index contributed by atoms with van der Waals surface area (Å²) in [4.78, 5) is 0.685. The highest BCUT2D eigenvalue weighted by Gasteiger charge is 2.10. The lowest BCUT2D eigenvalue weighted by Crippen LogP contribution is -1.86. The van der Waals surface area contributed by atoms with Gasteiger partial charge >= 0.3 is 0 Å². The van der Waals surface area contributed by atoms with Gasteiger partial charge in [-0.05, 0) is 18.4 Å². The van der Waals surface area contributed by atoms with Gasteiger partial charge in [-0.1, -0.05) is 57.0 Å². The number of phenols is 1. The number of aromatic hydroxyl groups is 1. The molecule has 0 saturated heterocycles. The quantitative estimate of drug-likeness (QED) is 0.455. The molecular weight excluding hydrogens is 276 g/mol. The lowest BCUT2D eigenvalue weighted by molar-refractivity contribution is -0.432. The Kier molecular flexibility index (Phi) is 9.84. The van der Waals surface area contributed by atoms with Gasteiger partial charge in [0.25, 0.3) is 0 Å². The van der Waals surface area contributed by atoms with Crippen molar-refractivity contribution in [3.05, 3.63) is 35.9 Å². The van der Waals surface area contributed by atoms with Gasteiger partial charge in [-0.25, -0.2) is 5.26 Å². The van der Waals surface area contributed by atoms with Crippen LogP contribution in [0.4, 0.5) is 0 Å². The van der Waals surface area contributed by atoms with Crippen molar-refractivity contribution in [1.82, 2.24) is 0 Å². The Morgan fingerprint density at radius 1 is 1.05 bits per heavy atom. The molecule has 0 aliphatic rings. The summed E-state index contributed by atoms with van der Waals surface area (Å²) in [6, 6.07) is 9.33. The first kappa shape index (κ1) is 18.7. The van der Waals surface area contributed by atoms with E-state index in [1.807, 2.05) is 58.0 Å². The minimum absolute atomic E-state index is 0.210. The normalized spacial score (nSPS) is 9.30. The number of benzene rings is 2. The Bertz CT molecular complexity index is 514. The van der Waals surface area contributed by atoms with Crippen LogP contribution < -0.4 is 0 Å². The molecule has 2 aromatic rings. The molecule has 0 atom stereocenters. The zero-order valence-corrected chi connectivity index (χ0v) is 13.3. The third-order valence-electron chi connectivity index (χ3n) is 2.38. The van der Waals surface area contributed by atoms with E-state index in [0.717, 1.165) is 22.8 Å². The van der Waals surface area contributed by atoms with E-state index in [1.165, 1.54) is 0 Å². The summed E-state index contributed by atoms with van der Waals surface area (Å²) in [5.74, 6) is 0.210. The van der Waals surface area contributed by atoms with Gasteiger partial charge < -0.3 is 5.11 Å². The molecule has 112 valence electrons. The molecule has 0 aromatic heterocycles. The Morgan fingerprint density at radius 3 is 2.25 bits per heavy atom. The SMILES string of the molecule is CC.CC.Cc1c(SOOO)cc2ccccc2c1O. The standard InChI is InChI=1S/C11H10O4S.2C2H6/c1-7-10(16-15-14-13)6-8-4-2-3-5-9(8)11(7)12;2*1-2/h2-6,12-13H,1H3;2*1-2H3. The van der Waals surface area contributed by atoms with Crippen LogP contribution in [0.1, 0.15) is 33.3 Å². The topological polar surface area (TPSA) is 58.9 Å². The number of rotatable bonds is 3. The van der Waals surface area contributed by atoms with Crippen molar-refractivity contribution in [3.8, 4) is 5.75 Å². The Balaban J connectivity index is 0.000000829. The summed E-state index contributed by atoms with van der Waals surface area (Å²) < 4.78 is 4.37. The average Bonchev–Trinajstić information content (AvgIpc) is 2.53. The molecule has 2 N–H and O–H groups in total. The fourth-order valence-corrected chi connectivity index (χ4v) is 2.05. The predicted octanol–water partition coefficient (Wildman–Crippen LogP) is 5.33. The van der Waals surface area contributed by atoms with E-state index in [9.17, 15) is 5.11 Å². The van der Waals surface area contributed by atoms with Gasteiger partial charge in [0.15, 0.2) is 0 Å². The fourth-order valence-electron chi connectivity index (χ4n) is 1.55. The van der Waals surface area contributed by atoms with E-state index in [-0.39, 0.29) is 5.75 Å². The molecule has 0 unspecified atom stereocenters. The molecule has 4 nitrogen and oxygen atoms in total. The number of phenolic OH excluding ortho intramolecular Hbond substituents is 1. The van der Waals surface area contributed by atoms with E-state index in [2.05, 4.69) is 9.37 Å². The first-order valence-corrected chi connectivity index (χ1v) is 7.34. The summed E-state index contributed by atoms with van der Waals surface area (Å²) in [7, 11) is 0. The monoisotopic (exact) mass is 298 g/mol. The summed E-state index contributed by atoms with van der Waals surface area (Å²) >= 11 is 0.844. The maximum absolute atomic E-state index is 9.97. The fraction of sp³-hybridized carbons (Fsp3) is 0.333. The second-order valence-corrected chi connectivity index (χ2v) is 4.04. The van der Waals surface area contributed by atoms with Crippen molar-refractivity contribution in [2.75, 3.05) is 0 Å². The van der Waals surface area contributed by atoms with E-state index in [0.29, 0.717) is 10.5 Å². The highest BCUT2D eigenvalue weighted by atomic mass is 32.2. The van der Waals surface area contributed by atoms with Crippen molar-refractivity contribution >= 4 is 22.8 Å². The molecule has 20 heavy (non-hydrogen) atoms. The number of fused-ring (bicyclic) bond motifs is 1. The highest BCUT2D eigenvalue weighted by molar-refractivity contribution is 7.94.